The second kappa shape index (κ2) is 6.77. The van der Waals surface area contributed by atoms with E-state index >= 15 is 0 Å². The summed E-state index contributed by atoms with van der Waals surface area (Å²) in [6.07, 6.45) is 6.56. The molecule has 0 aromatic rings. The van der Waals surface area contributed by atoms with Crippen LogP contribution in [-0.2, 0) is 4.74 Å². The first kappa shape index (κ1) is 13.3. The first-order valence-corrected chi connectivity index (χ1v) is 7.45. The van der Waals surface area contributed by atoms with E-state index in [1.54, 1.807) is 0 Å². The van der Waals surface area contributed by atoms with Gasteiger partial charge in [-0.2, -0.15) is 11.8 Å². The second-order valence-corrected chi connectivity index (χ2v) is 5.56. The Balaban J connectivity index is 2.35. The molecule has 1 N–H and O–H groups in total. The second-order valence-electron chi connectivity index (χ2n) is 4.65. The summed E-state index contributed by atoms with van der Waals surface area (Å²) >= 11 is 1.93. The van der Waals surface area contributed by atoms with Crippen molar-refractivity contribution >= 4 is 11.8 Å². The van der Waals surface area contributed by atoms with Crippen LogP contribution in [0.3, 0.4) is 0 Å². The van der Waals surface area contributed by atoms with E-state index in [2.05, 4.69) is 32.3 Å². The average molecular weight is 231 g/mol. The Morgan fingerprint density at radius 1 is 1.33 bits per heavy atom. The smallest absolute Gasteiger partial charge is 0.0565 e. The van der Waals surface area contributed by atoms with Gasteiger partial charge in [0.2, 0.25) is 0 Å². The number of hydrogen-bond donors (Lipinski definition) is 1. The van der Waals surface area contributed by atoms with Gasteiger partial charge < -0.3 is 10.1 Å². The van der Waals surface area contributed by atoms with Crippen LogP contribution in [-0.4, -0.2) is 36.3 Å². The summed E-state index contributed by atoms with van der Waals surface area (Å²) in [5.74, 6) is 1.22. The molecule has 3 atom stereocenters. The molecular weight excluding hydrogens is 206 g/mol. The lowest BCUT2D eigenvalue weighted by Gasteiger charge is -2.34. The van der Waals surface area contributed by atoms with Crippen LogP contribution in [0.1, 0.15) is 40.0 Å². The zero-order valence-electron chi connectivity index (χ0n) is 10.5. The summed E-state index contributed by atoms with van der Waals surface area (Å²) in [7, 11) is 0. The van der Waals surface area contributed by atoms with E-state index in [0.717, 1.165) is 12.8 Å². The van der Waals surface area contributed by atoms with Crippen LogP contribution in [0.2, 0.25) is 0 Å². The van der Waals surface area contributed by atoms with Gasteiger partial charge in [-0.05, 0) is 39.4 Å². The zero-order valence-corrected chi connectivity index (χ0v) is 11.3. The molecular formula is C12H25NOS. The molecule has 1 heterocycles. The zero-order chi connectivity index (χ0) is 11.3. The standard InChI is InChI=1S/C12H25NOS/c1-5-11(8-15-4)13-12-6-9(2)14-10(3)7-12/h9-13H,5-8H2,1-4H3. The van der Waals surface area contributed by atoms with Gasteiger partial charge in [0.1, 0.15) is 0 Å². The van der Waals surface area contributed by atoms with Crippen LogP contribution >= 0.6 is 11.8 Å². The van der Waals surface area contributed by atoms with E-state index < -0.39 is 0 Å². The first-order valence-electron chi connectivity index (χ1n) is 6.06. The Bertz CT molecular complexity index is 167. The molecule has 0 saturated carbocycles. The molecule has 1 saturated heterocycles. The van der Waals surface area contributed by atoms with Crippen LogP contribution < -0.4 is 5.32 Å². The Morgan fingerprint density at radius 3 is 2.40 bits per heavy atom. The fourth-order valence-corrected chi connectivity index (χ4v) is 3.09. The predicted octanol–water partition coefficient (Wildman–Crippen LogP) is 2.67. The van der Waals surface area contributed by atoms with Gasteiger partial charge in [-0.25, -0.2) is 0 Å². The molecule has 3 heteroatoms. The number of thioether (sulfide) groups is 1. The molecule has 1 rings (SSSR count). The Labute approximate surface area is 98.5 Å². The summed E-state index contributed by atoms with van der Waals surface area (Å²) in [4.78, 5) is 0. The molecule has 15 heavy (non-hydrogen) atoms. The van der Waals surface area contributed by atoms with Crippen molar-refractivity contribution in [1.29, 1.82) is 0 Å². The largest absolute Gasteiger partial charge is 0.375 e. The third-order valence-electron chi connectivity index (χ3n) is 3.03. The molecule has 1 fully saturated rings. The minimum Gasteiger partial charge on any atom is -0.375 e. The molecule has 0 aliphatic carbocycles. The highest BCUT2D eigenvalue weighted by molar-refractivity contribution is 7.98. The molecule has 0 amide bonds. The SMILES string of the molecule is CCC(CSC)NC1CC(C)OC(C)C1. The lowest BCUT2D eigenvalue weighted by molar-refractivity contribution is -0.0432. The van der Waals surface area contributed by atoms with Crippen LogP contribution in [0.5, 0.6) is 0 Å². The number of ether oxygens (including phenoxy) is 1. The quantitative estimate of drug-likeness (QED) is 0.786. The van der Waals surface area contributed by atoms with Crippen molar-refractivity contribution < 1.29 is 4.74 Å². The average Bonchev–Trinajstić information content (AvgIpc) is 2.15. The molecule has 0 bridgehead atoms. The van der Waals surface area contributed by atoms with Crippen molar-refractivity contribution in [3.8, 4) is 0 Å². The molecule has 0 radical (unpaired) electrons. The van der Waals surface area contributed by atoms with Gasteiger partial charge in [-0.1, -0.05) is 6.92 Å². The first-order chi connectivity index (χ1) is 7.15. The molecule has 0 aromatic heterocycles. The van der Waals surface area contributed by atoms with Gasteiger partial charge in [-0.3, -0.25) is 0 Å². The molecule has 1 aliphatic rings. The van der Waals surface area contributed by atoms with Crippen molar-refractivity contribution in [2.75, 3.05) is 12.0 Å². The van der Waals surface area contributed by atoms with E-state index in [-0.39, 0.29) is 0 Å². The molecule has 0 spiro atoms. The summed E-state index contributed by atoms with van der Waals surface area (Å²) in [5, 5.41) is 3.77. The molecule has 2 nitrogen and oxygen atoms in total. The van der Waals surface area contributed by atoms with Crippen LogP contribution in [0, 0.1) is 0 Å². The highest BCUT2D eigenvalue weighted by Gasteiger charge is 2.25. The summed E-state index contributed by atoms with van der Waals surface area (Å²) in [6, 6.07) is 1.32. The van der Waals surface area contributed by atoms with E-state index in [9.17, 15) is 0 Å². The van der Waals surface area contributed by atoms with Crippen molar-refractivity contribution in [3.63, 3.8) is 0 Å². The predicted molar refractivity (Wildman–Crippen MR) is 68.6 cm³/mol. The van der Waals surface area contributed by atoms with Gasteiger partial charge in [-0.15, -0.1) is 0 Å². The maximum absolute atomic E-state index is 5.75. The Morgan fingerprint density at radius 2 is 1.93 bits per heavy atom. The fraction of sp³-hybridized carbons (Fsp3) is 1.00. The van der Waals surface area contributed by atoms with Gasteiger partial charge in [0.25, 0.3) is 0 Å². The van der Waals surface area contributed by atoms with Gasteiger partial charge in [0, 0.05) is 17.8 Å². The minimum absolute atomic E-state index is 0.415. The van der Waals surface area contributed by atoms with Crippen LogP contribution in [0.15, 0.2) is 0 Å². The third kappa shape index (κ3) is 4.75. The Hall–Kier alpha value is 0.270. The van der Waals surface area contributed by atoms with Crippen molar-refractivity contribution in [1.82, 2.24) is 5.32 Å². The van der Waals surface area contributed by atoms with E-state index in [1.807, 2.05) is 11.8 Å². The number of rotatable bonds is 5. The molecule has 90 valence electrons. The maximum atomic E-state index is 5.75. The summed E-state index contributed by atoms with van der Waals surface area (Å²) < 4.78 is 5.75. The van der Waals surface area contributed by atoms with Crippen LogP contribution in [0.25, 0.3) is 0 Å². The van der Waals surface area contributed by atoms with E-state index in [4.69, 9.17) is 4.74 Å². The topological polar surface area (TPSA) is 21.3 Å². The van der Waals surface area contributed by atoms with E-state index in [1.165, 1.54) is 12.2 Å². The van der Waals surface area contributed by atoms with Gasteiger partial charge >= 0.3 is 0 Å². The monoisotopic (exact) mass is 231 g/mol. The van der Waals surface area contributed by atoms with E-state index in [0.29, 0.717) is 24.3 Å². The van der Waals surface area contributed by atoms with Crippen molar-refractivity contribution in [2.24, 2.45) is 0 Å². The van der Waals surface area contributed by atoms with Crippen molar-refractivity contribution in [2.45, 2.75) is 64.3 Å². The highest BCUT2D eigenvalue weighted by Crippen LogP contribution is 2.20. The lowest BCUT2D eigenvalue weighted by Crippen LogP contribution is -2.46. The minimum atomic E-state index is 0.415. The van der Waals surface area contributed by atoms with Gasteiger partial charge in [0.15, 0.2) is 0 Å². The third-order valence-corrected chi connectivity index (χ3v) is 3.77. The normalized spacial score (nSPS) is 34.0. The maximum Gasteiger partial charge on any atom is 0.0565 e. The number of hydrogen-bond acceptors (Lipinski definition) is 3. The fourth-order valence-electron chi connectivity index (χ4n) is 2.36. The highest BCUT2D eigenvalue weighted by atomic mass is 32.2. The molecule has 0 aromatic carbocycles. The molecule has 3 unspecified atom stereocenters. The summed E-state index contributed by atoms with van der Waals surface area (Å²) in [5.41, 5.74) is 0. The Kier molecular flexibility index (Phi) is 6.02. The van der Waals surface area contributed by atoms with Gasteiger partial charge in [0.05, 0.1) is 12.2 Å². The number of nitrogens with one attached hydrogen (secondary N) is 1. The lowest BCUT2D eigenvalue weighted by atomic mass is 9.99. The van der Waals surface area contributed by atoms with Crippen molar-refractivity contribution in [3.05, 3.63) is 0 Å². The molecule has 1 aliphatic heterocycles. The summed E-state index contributed by atoms with van der Waals surface area (Å²) in [6.45, 7) is 6.62. The van der Waals surface area contributed by atoms with Crippen LogP contribution in [0.4, 0.5) is 0 Å².